The molecule has 1 heterocycles. The van der Waals surface area contributed by atoms with E-state index < -0.39 is 18.5 Å². The molecular weight excluding hydrogens is 300 g/mol. The molecule has 7 heteroatoms. The quantitative estimate of drug-likeness (QED) is 0.858. The van der Waals surface area contributed by atoms with Gasteiger partial charge in [-0.1, -0.05) is 30.3 Å². The van der Waals surface area contributed by atoms with Gasteiger partial charge in [0.15, 0.2) is 0 Å². The Morgan fingerprint density at radius 3 is 2.18 bits per heavy atom. The van der Waals surface area contributed by atoms with Crippen molar-refractivity contribution in [1.82, 2.24) is 4.98 Å². The third kappa shape index (κ3) is 3.94. The number of nitrogens with zero attached hydrogens (tertiary/aromatic N) is 1. The highest BCUT2D eigenvalue weighted by atomic mass is 19.4. The number of hydrogen-bond donors (Lipinski definition) is 1. The third-order valence-electron chi connectivity index (χ3n) is 3.00. The molecule has 0 aliphatic rings. The van der Waals surface area contributed by atoms with Crippen LogP contribution in [0.25, 0.3) is 0 Å². The van der Waals surface area contributed by atoms with Gasteiger partial charge >= 0.3 is 6.18 Å². The molecule has 2 rings (SSSR count). The number of hydrogen-bond acceptors (Lipinski definition) is 3. The second-order valence-corrected chi connectivity index (χ2v) is 4.60. The highest BCUT2D eigenvalue weighted by Gasteiger charge is 2.33. The molecule has 0 bridgehead atoms. The number of rotatable bonds is 5. The SMILES string of the molecule is NCc1ccc(C(F)(F)F)nc1OCc1ccc(CF)cc1. The van der Waals surface area contributed by atoms with Gasteiger partial charge in [-0.2, -0.15) is 13.2 Å². The number of halogens is 4. The Hall–Kier alpha value is -2.15. The molecule has 0 fully saturated rings. The van der Waals surface area contributed by atoms with E-state index in [9.17, 15) is 17.6 Å². The fraction of sp³-hybridized carbons (Fsp3) is 0.267. The Labute approximate surface area is 124 Å². The molecule has 0 amide bonds. The van der Waals surface area contributed by atoms with Gasteiger partial charge in [-0.15, -0.1) is 0 Å². The molecule has 0 atom stereocenters. The van der Waals surface area contributed by atoms with Crippen LogP contribution in [0, 0.1) is 0 Å². The minimum absolute atomic E-state index is 0.0151. The van der Waals surface area contributed by atoms with E-state index in [0.29, 0.717) is 16.7 Å². The molecule has 2 N–H and O–H groups in total. The van der Waals surface area contributed by atoms with Crippen molar-refractivity contribution < 1.29 is 22.3 Å². The second-order valence-electron chi connectivity index (χ2n) is 4.60. The summed E-state index contributed by atoms with van der Waals surface area (Å²) in [6.07, 6.45) is -4.55. The summed E-state index contributed by atoms with van der Waals surface area (Å²) < 4.78 is 55.7. The molecule has 0 unspecified atom stereocenters. The van der Waals surface area contributed by atoms with E-state index in [1.807, 2.05) is 0 Å². The Morgan fingerprint density at radius 1 is 1.00 bits per heavy atom. The Bertz CT molecular complexity index is 626. The van der Waals surface area contributed by atoms with Gasteiger partial charge < -0.3 is 10.5 Å². The molecule has 22 heavy (non-hydrogen) atoms. The number of nitrogens with two attached hydrogens (primary N) is 1. The lowest BCUT2D eigenvalue weighted by Gasteiger charge is -2.12. The maximum atomic E-state index is 12.7. The van der Waals surface area contributed by atoms with Crippen LogP contribution in [0.15, 0.2) is 36.4 Å². The van der Waals surface area contributed by atoms with Crippen LogP contribution in [0.4, 0.5) is 17.6 Å². The van der Waals surface area contributed by atoms with Crippen molar-refractivity contribution in [3.05, 3.63) is 58.8 Å². The van der Waals surface area contributed by atoms with Gasteiger partial charge in [0.2, 0.25) is 5.88 Å². The maximum absolute atomic E-state index is 12.7. The predicted molar refractivity (Wildman–Crippen MR) is 72.7 cm³/mol. The first-order chi connectivity index (χ1) is 10.4. The zero-order chi connectivity index (χ0) is 16.2. The first-order valence-corrected chi connectivity index (χ1v) is 6.48. The monoisotopic (exact) mass is 314 g/mol. The lowest BCUT2D eigenvalue weighted by atomic mass is 10.1. The number of alkyl halides is 4. The van der Waals surface area contributed by atoms with E-state index in [1.165, 1.54) is 6.07 Å². The Kier molecular flexibility index (Phi) is 4.97. The Morgan fingerprint density at radius 2 is 1.64 bits per heavy atom. The van der Waals surface area contributed by atoms with E-state index in [2.05, 4.69) is 4.98 Å². The van der Waals surface area contributed by atoms with Crippen LogP contribution < -0.4 is 10.5 Å². The summed E-state index contributed by atoms with van der Waals surface area (Å²) in [6, 6.07) is 8.57. The molecule has 118 valence electrons. The van der Waals surface area contributed by atoms with Gasteiger partial charge in [-0.25, -0.2) is 9.37 Å². The van der Waals surface area contributed by atoms with Gasteiger partial charge in [-0.3, -0.25) is 0 Å². The van der Waals surface area contributed by atoms with E-state index >= 15 is 0 Å². The summed E-state index contributed by atoms with van der Waals surface area (Å²) in [5.41, 5.74) is 6.03. The van der Waals surface area contributed by atoms with Crippen molar-refractivity contribution in [3.63, 3.8) is 0 Å². The van der Waals surface area contributed by atoms with Crippen molar-refractivity contribution in [2.45, 2.75) is 26.0 Å². The summed E-state index contributed by atoms with van der Waals surface area (Å²) in [5.74, 6) is -0.146. The van der Waals surface area contributed by atoms with Crippen LogP contribution in [0.5, 0.6) is 5.88 Å². The topological polar surface area (TPSA) is 48.1 Å². The van der Waals surface area contributed by atoms with Crippen LogP contribution in [0.2, 0.25) is 0 Å². The molecule has 2 aromatic rings. The van der Waals surface area contributed by atoms with Crippen LogP contribution in [0.3, 0.4) is 0 Å². The molecular formula is C15H14F4N2O. The number of ether oxygens (including phenoxy) is 1. The highest BCUT2D eigenvalue weighted by molar-refractivity contribution is 5.30. The van der Waals surface area contributed by atoms with Crippen LogP contribution in [-0.4, -0.2) is 4.98 Å². The number of benzene rings is 1. The zero-order valence-electron chi connectivity index (χ0n) is 11.5. The summed E-state index contributed by atoms with van der Waals surface area (Å²) in [5, 5.41) is 0. The van der Waals surface area contributed by atoms with Crippen molar-refractivity contribution in [1.29, 1.82) is 0 Å². The minimum Gasteiger partial charge on any atom is -0.473 e. The van der Waals surface area contributed by atoms with Gasteiger partial charge in [0, 0.05) is 12.1 Å². The first kappa shape index (κ1) is 16.2. The van der Waals surface area contributed by atoms with Gasteiger partial charge in [0.25, 0.3) is 0 Å². The van der Waals surface area contributed by atoms with Crippen molar-refractivity contribution >= 4 is 0 Å². The normalized spacial score (nSPS) is 11.5. The summed E-state index contributed by atoms with van der Waals surface area (Å²) in [7, 11) is 0. The standard InChI is InChI=1S/C15H14F4N2O/c16-7-10-1-3-11(4-2-10)9-22-14-12(8-20)5-6-13(21-14)15(17,18)19/h1-6H,7-9,20H2. The van der Waals surface area contributed by atoms with Crippen LogP contribution in [0.1, 0.15) is 22.4 Å². The smallest absolute Gasteiger partial charge is 0.433 e. The lowest BCUT2D eigenvalue weighted by Crippen LogP contribution is -2.12. The van der Waals surface area contributed by atoms with Gasteiger partial charge in [0.05, 0.1) is 0 Å². The van der Waals surface area contributed by atoms with Crippen LogP contribution >= 0.6 is 0 Å². The van der Waals surface area contributed by atoms with E-state index in [-0.39, 0.29) is 19.0 Å². The average Bonchev–Trinajstić information content (AvgIpc) is 2.52. The van der Waals surface area contributed by atoms with Crippen molar-refractivity contribution in [2.24, 2.45) is 5.73 Å². The first-order valence-electron chi connectivity index (χ1n) is 6.48. The van der Waals surface area contributed by atoms with E-state index in [4.69, 9.17) is 10.5 Å². The molecule has 0 aliphatic heterocycles. The summed E-state index contributed by atoms with van der Waals surface area (Å²) in [6.45, 7) is -0.539. The molecule has 1 aromatic heterocycles. The zero-order valence-corrected chi connectivity index (χ0v) is 11.5. The van der Waals surface area contributed by atoms with Gasteiger partial charge in [0.1, 0.15) is 19.0 Å². The minimum atomic E-state index is -4.55. The van der Waals surface area contributed by atoms with Crippen molar-refractivity contribution in [2.75, 3.05) is 0 Å². The predicted octanol–water partition coefficient (Wildman–Crippen LogP) is 3.61. The molecule has 0 saturated heterocycles. The molecule has 0 radical (unpaired) electrons. The highest BCUT2D eigenvalue weighted by Crippen LogP contribution is 2.30. The van der Waals surface area contributed by atoms with E-state index in [0.717, 1.165) is 6.07 Å². The van der Waals surface area contributed by atoms with E-state index in [1.54, 1.807) is 24.3 Å². The fourth-order valence-electron chi connectivity index (χ4n) is 1.78. The summed E-state index contributed by atoms with van der Waals surface area (Å²) in [4.78, 5) is 3.48. The molecule has 0 saturated carbocycles. The second kappa shape index (κ2) is 6.74. The largest absolute Gasteiger partial charge is 0.473 e. The fourth-order valence-corrected chi connectivity index (χ4v) is 1.78. The molecule has 3 nitrogen and oxygen atoms in total. The lowest BCUT2D eigenvalue weighted by molar-refractivity contribution is -0.141. The van der Waals surface area contributed by atoms with Crippen molar-refractivity contribution in [3.8, 4) is 5.88 Å². The number of aromatic nitrogens is 1. The third-order valence-corrected chi connectivity index (χ3v) is 3.00. The Balaban J connectivity index is 2.16. The summed E-state index contributed by atoms with van der Waals surface area (Å²) >= 11 is 0. The molecule has 1 aromatic carbocycles. The molecule has 0 spiro atoms. The van der Waals surface area contributed by atoms with Gasteiger partial charge in [-0.05, 0) is 17.2 Å². The number of pyridine rings is 1. The molecule has 0 aliphatic carbocycles. The maximum Gasteiger partial charge on any atom is 0.433 e. The average molecular weight is 314 g/mol. The van der Waals surface area contributed by atoms with Crippen LogP contribution in [-0.2, 0) is 26.0 Å².